The molecule has 1 aromatic heterocycles. The second-order valence-electron chi connectivity index (χ2n) is 4.52. The minimum atomic E-state index is -0.213. The van der Waals surface area contributed by atoms with Crippen LogP contribution < -0.4 is 5.32 Å². The Hall–Kier alpha value is -1.68. The summed E-state index contributed by atoms with van der Waals surface area (Å²) in [5.74, 6) is 0.657. The number of hydrogen-bond donors (Lipinski definition) is 1. The molecule has 4 heteroatoms. The first kappa shape index (κ1) is 13.7. The number of nitrogens with one attached hydrogen (secondary N) is 1. The Bertz CT molecular complexity index is 548. The van der Waals surface area contributed by atoms with Crippen molar-refractivity contribution < 1.29 is 4.39 Å². The Labute approximate surface area is 113 Å². The first-order valence-corrected chi connectivity index (χ1v) is 6.73. The summed E-state index contributed by atoms with van der Waals surface area (Å²) < 4.78 is 16.1. The standard InChI is InChI=1S/C15H20FN3/c1-4-14-18-9-10-19(14)15-12(11(3)17-5-2)7-6-8-13(15)16/h6-11,17H,4-5H2,1-3H3. The normalized spacial score (nSPS) is 12.6. The lowest BCUT2D eigenvalue weighted by Crippen LogP contribution is -2.20. The van der Waals surface area contributed by atoms with Crippen LogP contribution in [-0.4, -0.2) is 16.1 Å². The van der Waals surface area contributed by atoms with Crippen LogP contribution in [0.2, 0.25) is 0 Å². The van der Waals surface area contributed by atoms with E-state index in [1.807, 2.05) is 37.6 Å². The number of para-hydroxylation sites is 1. The highest BCUT2D eigenvalue weighted by atomic mass is 19.1. The first-order chi connectivity index (χ1) is 9.19. The Kier molecular flexibility index (Phi) is 4.32. The van der Waals surface area contributed by atoms with Gasteiger partial charge in [-0.3, -0.25) is 0 Å². The molecule has 0 spiro atoms. The van der Waals surface area contributed by atoms with E-state index < -0.39 is 0 Å². The highest BCUT2D eigenvalue weighted by Crippen LogP contribution is 2.25. The Morgan fingerprint density at radius 3 is 2.84 bits per heavy atom. The summed E-state index contributed by atoms with van der Waals surface area (Å²) in [5.41, 5.74) is 1.56. The molecule has 0 aliphatic rings. The lowest BCUT2D eigenvalue weighted by Gasteiger charge is -2.19. The van der Waals surface area contributed by atoms with Gasteiger partial charge in [-0.1, -0.05) is 26.0 Å². The molecule has 0 aliphatic heterocycles. The van der Waals surface area contributed by atoms with E-state index in [9.17, 15) is 4.39 Å². The van der Waals surface area contributed by atoms with Gasteiger partial charge in [-0.05, 0) is 25.1 Å². The average molecular weight is 261 g/mol. The monoisotopic (exact) mass is 261 g/mol. The van der Waals surface area contributed by atoms with Gasteiger partial charge in [0.05, 0.1) is 5.69 Å². The Morgan fingerprint density at radius 2 is 2.16 bits per heavy atom. The molecule has 0 saturated heterocycles. The van der Waals surface area contributed by atoms with Gasteiger partial charge in [-0.2, -0.15) is 0 Å². The Balaban J connectivity index is 2.55. The van der Waals surface area contributed by atoms with E-state index in [1.165, 1.54) is 6.07 Å². The number of nitrogens with zero attached hydrogens (tertiary/aromatic N) is 2. The van der Waals surface area contributed by atoms with Gasteiger partial charge in [-0.15, -0.1) is 0 Å². The maximum Gasteiger partial charge on any atom is 0.147 e. The lowest BCUT2D eigenvalue weighted by molar-refractivity contribution is 0.573. The van der Waals surface area contributed by atoms with Gasteiger partial charge in [0.1, 0.15) is 11.6 Å². The molecular formula is C15H20FN3. The third-order valence-electron chi connectivity index (χ3n) is 3.27. The largest absolute Gasteiger partial charge is 0.310 e. The number of benzene rings is 1. The van der Waals surface area contributed by atoms with E-state index in [1.54, 1.807) is 12.3 Å². The predicted molar refractivity (Wildman–Crippen MR) is 75.0 cm³/mol. The molecule has 0 fully saturated rings. The van der Waals surface area contributed by atoms with Crippen molar-refractivity contribution in [1.82, 2.24) is 14.9 Å². The van der Waals surface area contributed by atoms with Gasteiger partial charge in [0.25, 0.3) is 0 Å². The number of aryl methyl sites for hydroxylation is 1. The molecular weight excluding hydrogens is 241 g/mol. The van der Waals surface area contributed by atoms with E-state index in [2.05, 4.69) is 10.3 Å². The van der Waals surface area contributed by atoms with Crippen molar-refractivity contribution in [3.8, 4) is 5.69 Å². The van der Waals surface area contributed by atoms with E-state index in [0.717, 1.165) is 24.4 Å². The molecule has 0 radical (unpaired) electrons. The van der Waals surface area contributed by atoms with Crippen molar-refractivity contribution >= 4 is 0 Å². The highest BCUT2D eigenvalue weighted by molar-refractivity contribution is 5.45. The summed E-state index contributed by atoms with van der Waals surface area (Å²) in [6.07, 6.45) is 4.31. The molecule has 1 aromatic carbocycles. The number of halogens is 1. The highest BCUT2D eigenvalue weighted by Gasteiger charge is 2.16. The average Bonchev–Trinajstić information content (AvgIpc) is 2.86. The molecule has 0 amide bonds. The quantitative estimate of drug-likeness (QED) is 0.895. The van der Waals surface area contributed by atoms with E-state index in [-0.39, 0.29) is 11.9 Å². The predicted octanol–water partition coefficient (Wildman–Crippen LogP) is 3.24. The maximum atomic E-state index is 14.3. The molecule has 1 unspecified atom stereocenters. The van der Waals surface area contributed by atoms with Crippen molar-refractivity contribution in [1.29, 1.82) is 0 Å². The third kappa shape index (κ3) is 2.68. The molecule has 1 N–H and O–H groups in total. The van der Waals surface area contributed by atoms with E-state index in [4.69, 9.17) is 0 Å². The van der Waals surface area contributed by atoms with Crippen LogP contribution in [0.25, 0.3) is 5.69 Å². The van der Waals surface area contributed by atoms with Gasteiger partial charge in [0.15, 0.2) is 0 Å². The van der Waals surface area contributed by atoms with Crippen molar-refractivity contribution in [2.75, 3.05) is 6.54 Å². The SMILES string of the molecule is CCNC(C)c1cccc(F)c1-n1ccnc1CC. The number of aromatic nitrogens is 2. The van der Waals surface area contributed by atoms with Gasteiger partial charge >= 0.3 is 0 Å². The smallest absolute Gasteiger partial charge is 0.147 e. The molecule has 1 heterocycles. The topological polar surface area (TPSA) is 29.9 Å². The van der Waals surface area contributed by atoms with Crippen LogP contribution >= 0.6 is 0 Å². The van der Waals surface area contributed by atoms with Gasteiger partial charge in [-0.25, -0.2) is 9.37 Å². The van der Waals surface area contributed by atoms with Gasteiger partial charge in [0, 0.05) is 24.9 Å². The number of imidazole rings is 1. The van der Waals surface area contributed by atoms with Crippen LogP contribution in [0.5, 0.6) is 0 Å². The van der Waals surface area contributed by atoms with Gasteiger partial charge in [0.2, 0.25) is 0 Å². The zero-order valence-corrected chi connectivity index (χ0v) is 11.7. The summed E-state index contributed by atoms with van der Waals surface area (Å²) in [4.78, 5) is 4.27. The first-order valence-electron chi connectivity index (χ1n) is 6.73. The molecule has 2 aromatic rings. The summed E-state index contributed by atoms with van der Waals surface area (Å²) in [7, 11) is 0. The fourth-order valence-corrected chi connectivity index (χ4v) is 2.35. The van der Waals surface area contributed by atoms with Crippen LogP contribution in [0.3, 0.4) is 0 Å². The van der Waals surface area contributed by atoms with Gasteiger partial charge < -0.3 is 9.88 Å². The molecule has 0 bridgehead atoms. The van der Waals surface area contributed by atoms with E-state index >= 15 is 0 Å². The van der Waals surface area contributed by atoms with Crippen molar-refractivity contribution in [3.63, 3.8) is 0 Å². The van der Waals surface area contributed by atoms with Crippen LogP contribution in [0.4, 0.5) is 4.39 Å². The van der Waals surface area contributed by atoms with Crippen LogP contribution in [0.1, 0.15) is 38.2 Å². The second kappa shape index (κ2) is 5.97. The maximum absolute atomic E-state index is 14.3. The summed E-state index contributed by atoms with van der Waals surface area (Å²) in [5, 5.41) is 3.33. The fraction of sp³-hybridized carbons (Fsp3) is 0.400. The minimum absolute atomic E-state index is 0.0998. The molecule has 102 valence electrons. The molecule has 19 heavy (non-hydrogen) atoms. The van der Waals surface area contributed by atoms with Crippen LogP contribution in [0.15, 0.2) is 30.6 Å². The second-order valence-corrected chi connectivity index (χ2v) is 4.52. The van der Waals surface area contributed by atoms with Crippen molar-refractivity contribution in [2.45, 2.75) is 33.2 Å². The Morgan fingerprint density at radius 1 is 1.37 bits per heavy atom. The zero-order valence-electron chi connectivity index (χ0n) is 11.7. The van der Waals surface area contributed by atoms with Crippen LogP contribution in [-0.2, 0) is 6.42 Å². The zero-order chi connectivity index (χ0) is 13.8. The molecule has 0 aliphatic carbocycles. The number of rotatable bonds is 5. The molecule has 2 rings (SSSR count). The summed E-state index contributed by atoms with van der Waals surface area (Å²) in [6, 6.07) is 5.31. The third-order valence-corrected chi connectivity index (χ3v) is 3.27. The van der Waals surface area contributed by atoms with Crippen molar-refractivity contribution in [3.05, 3.63) is 47.8 Å². The molecule has 1 atom stereocenters. The molecule has 0 saturated carbocycles. The van der Waals surface area contributed by atoms with Crippen molar-refractivity contribution in [2.24, 2.45) is 0 Å². The fourth-order valence-electron chi connectivity index (χ4n) is 2.35. The minimum Gasteiger partial charge on any atom is -0.310 e. The summed E-state index contributed by atoms with van der Waals surface area (Å²) in [6.45, 7) is 6.96. The summed E-state index contributed by atoms with van der Waals surface area (Å²) >= 11 is 0. The van der Waals surface area contributed by atoms with Crippen LogP contribution in [0, 0.1) is 5.82 Å². The lowest BCUT2D eigenvalue weighted by atomic mass is 10.1. The molecule has 3 nitrogen and oxygen atoms in total. The number of hydrogen-bond acceptors (Lipinski definition) is 2. The van der Waals surface area contributed by atoms with E-state index in [0.29, 0.717) is 5.69 Å².